The molecular formula is C20H22N4. The second-order valence-corrected chi connectivity index (χ2v) is 5.60. The van der Waals surface area contributed by atoms with Crippen LogP contribution >= 0.6 is 0 Å². The molecular weight excluding hydrogens is 296 g/mol. The summed E-state index contributed by atoms with van der Waals surface area (Å²) in [4.78, 5) is 11.0. The van der Waals surface area contributed by atoms with Crippen molar-refractivity contribution < 1.29 is 0 Å². The van der Waals surface area contributed by atoms with Crippen molar-refractivity contribution in [3.05, 3.63) is 78.6 Å². The third kappa shape index (κ3) is 4.10. The number of nitrogens with one attached hydrogen (secondary N) is 1. The van der Waals surface area contributed by atoms with Gasteiger partial charge in [-0.2, -0.15) is 0 Å². The van der Waals surface area contributed by atoms with E-state index in [2.05, 4.69) is 63.5 Å². The van der Waals surface area contributed by atoms with Gasteiger partial charge in [-0.1, -0.05) is 55.5 Å². The molecule has 0 saturated heterocycles. The maximum absolute atomic E-state index is 4.50. The molecule has 1 aromatic heterocycles. The Labute approximate surface area is 143 Å². The first kappa shape index (κ1) is 16.0. The topological polar surface area (TPSA) is 41.0 Å². The molecule has 0 radical (unpaired) electrons. The van der Waals surface area contributed by atoms with E-state index in [9.17, 15) is 0 Å². The highest BCUT2D eigenvalue weighted by Gasteiger charge is 2.12. The summed E-state index contributed by atoms with van der Waals surface area (Å²) >= 11 is 0. The molecule has 2 aromatic carbocycles. The van der Waals surface area contributed by atoms with E-state index in [-0.39, 0.29) is 0 Å². The molecule has 0 saturated carbocycles. The molecule has 1 N–H and O–H groups in total. The van der Waals surface area contributed by atoms with Crippen LogP contribution in [0.4, 0.5) is 17.3 Å². The highest BCUT2D eigenvalue weighted by Crippen LogP contribution is 2.26. The lowest BCUT2D eigenvalue weighted by atomic mass is 10.2. The van der Waals surface area contributed by atoms with Gasteiger partial charge in [0.05, 0.1) is 0 Å². The molecule has 0 unspecified atom stereocenters. The van der Waals surface area contributed by atoms with E-state index in [0.29, 0.717) is 0 Å². The molecule has 0 atom stereocenters. The number of hydrogen-bond acceptors (Lipinski definition) is 4. The van der Waals surface area contributed by atoms with Gasteiger partial charge in [0.25, 0.3) is 0 Å². The van der Waals surface area contributed by atoms with Crippen LogP contribution in [0.1, 0.15) is 18.9 Å². The van der Waals surface area contributed by atoms with Crippen LogP contribution in [0.2, 0.25) is 0 Å². The normalized spacial score (nSPS) is 10.4. The average Bonchev–Trinajstić information content (AvgIpc) is 2.66. The standard InChI is InChI=1S/C20H22N4/c1-2-13-21-19-14-20(23-16-22-19)24(18-11-7-4-8-12-18)15-17-9-5-3-6-10-17/h3-12,14,16H,2,13,15H2,1H3,(H,21,22,23). The van der Waals surface area contributed by atoms with Crippen molar-refractivity contribution in [2.45, 2.75) is 19.9 Å². The molecule has 0 aliphatic heterocycles. The van der Waals surface area contributed by atoms with Gasteiger partial charge in [0.15, 0.2) is 0 Å². The Bertz CT molecular complexity index is 744. The molecule has 3 rings (SSSR count). The molecule has 0 aliphatic rings. The maximum Gasteiger partial charge on any atom is 0.138 e. The fraction of sp³-hybridized carbons (Fsp3) is 0.200. The van der Waals surface area contributed by atoms with Gasteiger partial charge in [0.1, 0.15) is 18.0 Å². The van der Waals surface area contributed by atoms with Gasteiger partial charge in [0.2, 0.25) is 0 Å². The Balaban J connectivity index is 1.92. The van der Waals surface area contributed by atoms with Crippen molar-refractivity contribution in [1.82, 2.24) is 9.97 Å². The Morgan fingerprint density at radius 3 is 2.33 bits per heavy atom. The van der Waals surface area contributed by atoms with Crippen LogP contribution in [0, 0.1) is 0 Å². The van der Waals surface area contributed by atoms with Gasteiger partial charge in [-0.3, -0.25) is 0 Å². The highest BCUT2D eigenvalue weighted by molar-refractivity contribution is 5.62. The molecule has 1 heterocycles. The van der Waals surface area contributed by atoms with Crippen molar-refractivity contribution in [2.75, 3.05) is 16.8 Å². The summed E-state index contributed by atoms with van der Waals surface area (Å²) in [6, 6.07) is 22.8. The quantitative estimate of drug-likeness (QED) is 0.689. The number of para-hydroxylation sites is 1. The first-order chi connectivity index (χ1) is 11.9. The number of benzene rings is 2. The van der Waals surface area contributed by atoms with Gasteiger partial charge < -0.3 is 10.2 Å². The maximum atomic E-state index is 4.50. The van der Waals surface area contributed by atoms with Crippen molar-refractivity contribution in [3.8, 4) is 0 Å². The second kappa shape index (κ2) is 8.11. The Hall–Kier alpha value is -2.88. The monoisotopic (exact) mass is 318 g/mol. The van der Waals surface area contributed by atoms with Crippen molar-refractivity contribution in [2.24, 2.45) is 0 Å². The van der Waals surface area contributed by atoms with Gasteiger partial charge in [-0.15, -0.1) is 0 Å². The van der Waals surface area contributed by atoms with Crippen LogP contribution < -0.4 is 10.2 Å². The minimum Gasteiger partial charge on any atom is -0.370 e. The van der Waals surface area contributed by atoms with Gasteiger partial charge in [0, 0.05) is 24.8 Å². The first-order valence-electron chi connectivity index (χ1n) is 8.29. The predicted octanol–water partition coefficient (Wildman–Crippen LogP) is 4.64. The predicted molar refractivity (Wildman–Crippen MR) is 99.5 cm³/mol. The lowest BCUT2D eigenvalue weighted by molar-refractivity contribution is 0.928. The minimum atomic E-state index is 0.759. The smallest absolute Gasteiger partial charge is 0.138 e. The lowest BCUT2D eigenvalue weighted by Crippen LogP contribution is -2.18. The molecule has 0 aliphatic carbocycles. The summed E-state index contributed by atoms with van der Waals surface area (Å²) < 4.78 is 0. The zero-order valence-electron chi connectivity index (χ0n) is 13.9. The molecule has 4 heteroatoms. The van der Waals surface area contributed by atoms with Gasteiger partial charge >= 0.3 is 0 Å². The summed E-state index contributed by atoms with van der Waals surface area (Å²) in [7, 11) is 0. The fourth-order valence-corrected chi connectivity index (χ4v) is 2.52. The molecule has 4 nitrogen and oxygen atoms in total. The van der Waals surface area contributed by atoms with E-state index >= 15 is 0 Å². The Kier molecular flexibility index (Phi) is 5.40. The van der Waals surface area contributed by atoms with E-state index in [1.807, 2.05) is 30.3 Å². The molecule has 3 aromatic rings. The van der Waals surface area contributed by atoms with Crippen LogP contribution in [-0.4, -0.2) is 16.5 Å². The third-order valence-electron chi connectivity index (χ3n) is 3.74. The van der Waals surface area contributed by atoms with Crippen molar-refractivity contribution in [1.29, 1.82) is 0 Å². The van der Waals surface area contributed by atoms with Crippen LogP contribution in [0.25, 0.3) is 0 Å². The molecule has 0 amide bonds. The SMILES string of the molecule is CCCNc1cc(N(Cc2ccccc2)c2ccccc2)ncn1. The van der Waals surface area contributed by atoms with Crippen LogP contribution in [-0.2, 0) is 6.54 Å². The van der Waals surface area contributed by atoms with Crippen LogP contribution in [0.15, 0.2) is 73.1 Å². The number of rotatable bonds is 7. The Morgan fingerprint density at radius 2 is 1.62 bits per heavy atom. The van der Waals surface area contributed by atoms with Gasteiger partial charge in [-0.25, -0.2) is 9.97 Å². The number of hydrogen-bond donors (Lipinski definition) is 1. The zero-order valence-corrected chi connectivity index (χ0v) is 13.9. The summed E-state index contributed by atoms with van der Waals surface area (Å²) in [6.07, 6.45) is 2.68. The van der Waals surface area contributed by atoms with Gasteiger partial charge in [-0.05, 0) is 24.1 Å². The van der Waals surface area contributed by atoms with Crippen molar-refractivity contribution >= 4 is 17.3 Å². The number of nitrogens with zero attached hydrogens (tertiary/aromatic N) is 3. The number of anilines is 3. The van der Waals surface area contributed by atoms with E-state index in [4.69, 9.17) is 0 Å². The first-order valence-corrected chi connectivity index (χ1v) is 8.29. The molecule has 0 spiro atoms. The molecule has 0 fully saturated rings. The molecule has 122 valence electrons. The minimum absolute atomic E-state index is 0.759. The van der Waals surface area contributed by atoms with Crippen molar-refractivity contribution in [3.63, 3.8) is 0 Å². The summed E-state index contributed by atoms with van der Waals surface area (Å²) in [5, 5.41) is 3.33. The third-order valence-corrected chi connectivity index (χ3v) is 3.74. The largest absolute Gasteiger partial charge is 0.370 e. The lowest BCUT2D eigenvalue weighted by Gasteiger charge is -2.24. The second-order valence-electron chi connectivity index (χ2n) is 5.60. The highest BCUT2D eigenvalue weighted by atomic mass is 15.2. The molecule has 0 bridgehead atoms. The van der Waals surface area contributed by atoms with E-state index in [0.717, 1.165) is 36.8 Å². The zero-order chi connectivity index (χ0) is 16.6. The Morgan fingerprint density at radius 1 is 0.917 bits per heavy atom. The van der Waals surface area contributed by atoms with E-state index in [1.165, 1.54) is 5.56 Å². The summed E-state index contributed by atoms with van der Waals surface area (Å²) in [5.41, 5.74) is 2.35. The average molecular weight is 318 g/mol. The summed E-state index contributed by atoms with van der Waals surface area (Å²) in [6.45, 7) is 3.80. The number of aromatic nitrogens is 2. The van der Waals surface area contributed by atoms with E-state index < -0.39 is 0 Å². The van der Waals surface area contributed by atoms with E-state index in [1.54, 1.807) is 6.33 Å². The summed E-state index contributed by atoms with van der Waals surface area (Å²) in [5.74, 6) is 1.74. The molecule has 24 heavy (non-hydrogen) atoms. The van der Waals surface area contributed by atoms with Crippen LogP contribution in [0.5, 0.6) is 0 Å². The fourth-order valence-electron chi connectivity index (χ4n) is 2.52. The van der Waals surface area contributed by atoms with Crippen LogP contribution in [0.3, 0.4) is 0 Å².